The number of rotatable bonds is 22. The van der Waals surface area contributed by atoms with Crippen LogP contribution in [-0.4, -0.2) is 46.4 Å². The molecule has 426 valence electrons. The fourth-order valence-corrected chi connectivity index (χ4v) is 6.77. The molecule has 8 heteroatoms. The van der Waals surface area contributed by atoms with Gasteiger partial charge in [-0.3, -0.25) is 19.9 Å². The topological polar surface area (TPSA) is 88.5 Å². The summed E-state index contributed by atoms with van der Waals surface area (Å²) in [4.78, 5) is 16.4. The molecule has 8 nitrogen and oxygen atoms in total. The van der Waals surface area contributed by atoms with Gasteiger partial charge in [0.15, 0.2) is 0 Å². The van der Waals surface area contributed by atoms with Crippen LogP contribution in [0.3, 0.4) is 0 Å². The van der Waals surface area contributed by atoms with Crippen LogP contribution in [0, 0.1) is 41.4 Å². The highest BCUT2D eigenvalue weighted by Gasteiger charge is 2.00. The maximum absolute atomic E-state index is 5.48. The van der Waals surface area contributed by atoms with Crippen molar-refractivity contribution in [3.63, 3.8) is 0 Å². The van der Waals surface area contributed by atoms with Crippen LogP contribution in [0.15, 0.2) is 189 Å². The van der Waals surface area contributed by atoms with Gasteiger partial charge in [0.05, 0.1) is 32.1 Å². The Morgan fingerprint density at radius 1 is 0.269 bits per heavy atom. The second kappa shape index (κ2) is 47.1. The Hall–Kier alpha value is -5.90. The molecule has 0 atom stereocenters. The van der Waals surface area contributed by atoms with Crippen molar-refractivity contribution in [2.24, 2.45) is 41.4 Å². The molecule has 0 bridgehead atoms. The van der Waals surface area contributed by atoms with Crippen LogP contribution >= 0.6 is 0 Å². The molecule has 0 spiro atoms. The lowest BCUT2D eigenvalue weighted by atomic mass is 10.0. The lowest BCUT2D eigenvalue weighted by Gasteiger charge is -2.06. The smallest absolute Gasteiger partial charge is 0.0887 e. The largest absolute Gasteiger partial charge is 0.377 e. The van der Waals surface area contributed by atoms with Crippen molar-refractivity contribution in [2.75, 3.05) is 26.4 Å². The first-order valence-electron chi connectivity index (χ1n) is 28.5. The molecule has 3 aromatic carbocycles. The summed E-state index contributed by atoms with van der Waals surface area (Å²) in [7, 11) is 0. The maximum Gasteiger partial charge on any atom is 0.0887 e. The van der Waals surface area contributed by atoms with Gasteiger partial charge in [-0.15, -0.1) is 0 Å². The molecule has 0 amide bonds. The molecule has 0 saturated heterocycles. The van der Waals surface area contributed by atoms with Crippen LogP contribution in [0.2, 0.25) is 0 Å². The number of hydrogen-bond acceptors (Lipinski definition) is 8. The number of aromatic nitrogens is 4. The van der Waals surface area contributed by atoms with Gasteiger partial charge < -0.3 is 18.9 Å². The Morgan fingerprint density at radius 2 is 0.590 bits per heavy atom. The first-order valence-corrected chi connectivity index (χ1v) is 28.5. The Labute approximate surface area is 475 Å². The number of nitrogens with zero attached hydrogens (tertiary/aromatic N) is 4. The van der Waals surface area contributed by atoms with Crippen molar-refractivity contribution < 1.29 is 18.9 Å². The molecule has 0 unspecified atom stereocenters. The summed E-state index contributed by atoms with van der Waals surface area (Å²) in [6.07, 6.45) is 14.4. The van der Waals surface area contributed by atoms with Crippen LogP contribution in [0.25, 0.3) is 0 Å². The Bertz CT molecular complexity index is 2000. The predicted molar refractivity (Wildman–Crippen MR) is 330 cm³/mol. The van der Waals surface area contributed by atoms with E-state index in [0.717, 1.165) is 75.6 Å². The molecular weight excluding hydrogens is 961 g/mol. The Kier molecular flexibility index (Phi) is 42.4. The summed E-state index contributed by atoms with van der Waals surface area (Å²) >= 11 is 0. The summed E-state index contributed by atoms with van der Waals surface area (Å²) < 4.78 is 21.8. The van der Waals surface area contributed by atoms with Gasteiger partial charge in [-0.25, -0.2) is 0 Å². The minimum atomic E-state index is 0.591. The molecule has 0 saturated carbocycles. The van der Waals surface area contributed by atoms with Crippen LogP contribution < -0.4 is 0 Å². The van der Waals surface area contributed by atoms with Gasteiger partial charge in [-0.2, -0.15) is 0 Å². The van der Waals surface area contributed by atoms with E-state index in [0.29, 0.717) is 42.8 Å². The van der Waals surface area contributed by atoms with Gasteiger partial charge in [0, 0.05) is 69.3 Å². The van der Waals surface area contributed by atoms with Crippen molar-refractivity contribution in [3.05, 3.63) is 228 Å². The third-order valence-electron chi connectivity index (χ3n) is 10.2. The molecule has 0 radical (unpaired) electrons. The van der Waals surface area contributed by atoms with Gasteiger partial charge in [-0.05, 0) is 125 Å². The summed E-state index contributed by atoms with van der Waals surface area (Å²) in [5.41, 5.74) is 8.60. The summed E-state index contributed by atoms with van der Waals surface area (Å²) in [5, 5.41) is 0. The van der Waals surface area contributed by atoms with Crippen molar-refractivity contribution in [2.45, 2.75) is 143 Å². The average Bonchev–Trinajstić information content (AvgIpc) is 3.41. The number of benzene rings is 3. The molecule has 4 aromatic heterocycles. The standard InChI is InChI=1S/2C11H16O.2C10H15NO.C10H14.2C9H13N/c2*1-10(2)8-12-9-11-6-4-3-5-7-11;1-9(2)7-12-8-10-4-3-5-11-6-10;1-9(2)7-12-8-10-5-3-4-6-11-10;1-9(2)8-10-6-4-3-5-7-10;1-8(2)6-9-4-3-5-10-7-9;1-8(2)7-9-5-3-4-6-10-9/h2*3-7,10H,8-9H2,1-2H3;2*3-6,9H,7-8H2,1-2H3;3-7,9H,8H2,1-2H3;3-5,7-8H,6H2,1-2H3;3-6,8H,7H2,1-2H3. The van der Waals surface area contributed by atoms with Gasteiger partial charge in [0.2, 0.25) is 0 Å². The van der Waals surface area contributed by atoms with Crippen LogP contribution in [0.4, 0.5) is 0 Å². The molecule has 7 rings (SSSR count). The van der Waals surface area contributed by atoms with Crippen molar-refractivity contribution in [3.8, 4) is 0 Å². The number of hydrogen-bond donors (Lipinski definition) is 0. The first-order chi connectivity index (χ1) is 37.5. The number of ether oxygens (including phenoxy) is 4. The highest BCUT2D eigenvalue weighted by Crippen LogP contribution is 2.09. The predicted octanol–water partition coefficient (Wildman–Crippen LogP) is 17.7. The highest BCUT2D eigenvalue weighted by atomic mass is 16.5. The van der Waals surface area contributed by atoms with E-state index in [1.807, 2.05) is 110 Å². The SMILES string of the molecule is CC(C)COCc1ccccc1.CC(C)COCc1ccccc1.CC(C)COCc1ccccn1.CC(C)COCc1cccnc1.CC(C)Cc1ccccc1.CC(C)Cc1ccccn1.CC(C)Cc1cccnc1. The van der Waals surface area contributed by atoms with E-state index in [2.05, 4.69) is 184 Å². The van der Waals surface area contributed by atoms with E-state index < -0.39 is 0 Å². The minimum Gasteiger partial charge on any atom is -0.377 e. The minimum absolute atomic E-state index is 0.591. The fraction of sp³-hybridized carbons (Fsp3) is 0.457. The Morgan fingerprint density at radius 3 is 0.936 bits per heavy atom. The molecule has 0 fully saturated rings. The van der Waals surface area contributed by atoms with Gasteiger partial charge >= 0.3 is 0 Å². The van der Waals surface area contributed by atoms with Gasteiger partial charge in [0.25, 0.3) is 0 Å². The zero-order valence-corrected chi connectivity index (χ0v) is 50.6. The zero-order valence-electron chi connectivity index (χ0n) is 50.6. The van der Waals surface area contributed by atoms with Crippen LogP contribution in [0.1, 0.15) is 136 Å². The van der Waals surface area contributed by atoms with Gasteiger partial charge in [-0.1, -0.05) is 212 Å². The molecule has 7 aromatic rings. The molecule has 0 aliphatic heterocycles. The normalized spacial score (nSPS) is 10.5. The molecular formula is C70H102N4O4. The van der Waals surface area contributed by atoms with E-state index >= 15 is 0 Å². The second-order valence-electron chi connectivity index (χ2n) is 22.3. The summed E-state index contributed by atoms with van der Waals surface area (Å²) in [6.45, 7) is 36.6. The molecule has 4 heterocycles. The van der Waals surface area contributed by atoms with E-state index in [9.17, 15) is 0 Å². The van der Waals surface area contributed by atoms with E-state index in [1.54, 1.807) is 12.4 Å². The average molecular weight is 1060 g/mol. The highest BCUT2D eigenvalue weighted by molar-refractivity contribution is 5.16. The van der Waals surface area contributed by atoms with Crippen molar-refractivity contribution in [1.82, 2.24) is 19.9 Å². The quantitative estimate of drug-likeness (QED) is 0.0663. The first kappa shape index (κ1) is 70.1. The third kappa shape index (κ3) is 45.2. The molecule has 0 aliphatic carbocycles. The molecule has 0 N–H and O–H groups in total. The fourth-order valence-electron chi connectivity index (χ4n) is 6.77. The zero-order chi connectivity index (χ0) is 57.4. The van der Waals surface area contributed by atoms with Crippen LogP contribution in [0.5, 0.6) is 0 Å². The lowest BCUT2D eigenvalue weighted by Crippen LogP contribution is -2.02. The Balaban J connectivity index is 0.000000456. The van der Waals surface area contributed by atoms with E-state index in [4.69, 9.17) is 18.9 Å². The summed E-state index contributed by atoms with van der Waals surface area (Å²) in [6, 6.07) is 51.1. The maximum atomic E-state index is 5.48. The second-order valence-corrected chi connectivity index (χ2v) is 22.3. The van der Waals surface area contributed by atoms with E-state index in [-0.39, 0.29) is 0 Å². The monoisotopic (exact) mass is 1060 g/mol. The number of pyridine rings is 4. The molecule has 0 aliphatic rings. The van der Waals surface area contributed by atoms with Crippen molar-refractivity contribution in [1.29, 1.82) is 0 Å². The molecule has 78 heavy (non-hydrogen) atoms. The lowest BCUT2D eigenvalue weighted by molar-refractivity contribution is 0.0948. The van der Waals surface area contributed by atoms with Crippen LogP contribution in [-0.2, 0) is 64.6 Å². The van der Waals surface area contributed by atoms with Crippen molar-refractivity contribution >= 4 is 0 Å². The van der Waals surface area contributed by atoms with Gasteiger partial charge in [0.1, 0.15) is 0 Å². The summed E-state index contributed by atoms with van der Waals surface area (Å²) in [5.74, 6) is 4.62. The van der Waals surface area contributed by atoms with E-state index in [1.165, 1.54) is 34.4 Å². The third-order valence-corrected chi connectivity index (χ3v) is 10.2.